The summed E-state index contributed by atoms with van der Waals surface area (Å²) in [5.41, 5.74) is 0. The Morgan fingerprint density at radius 3 is 2.88 bits per heavy atom. The van der Waals surface area contributed by atoms with Crippen LogP contribution in [0.2, 0.25) is 0 Å². The van der Waals surface area contributed by atoms with Gasteiger partial charge in [0.1, 0.15) is 18.1 Å². The van der Waals surface area contributed by atoms with Gasteiger partial charge in [-0.05, 0) is 25.7 Å². The highest BCUT2D eigenvalue weighted by Crippen LogP contribution is 2.37. The summed E-state index contributed by atoms with van der Waals surface area (Å²) in [6.45, 7) is 2.73. The van der Waals surface area contributed by atoms with Crippen molar-refractivity contribution in [2.75, 3.05) is 7.11 Å². The minimum absolute atomic E-state index is 0.181. The molecule has 1 fully saturated rings. The van der Waals surface area contributed by atoms with Gasteiger partial charge < -0.3 is 4.74 Å². The summed E-state index contributed by atoms with van der Waals surface area (Å²) in [6.07, 6.45) is 6.06. The van der Waals surface area contributed by atoms with Crippen LogP contribution in [0.3, 0.4) is 0 Å². The van der Waals surface area contributed by atoms with E-state index in [0.717, 1.165) is 25.2 Å². The number of aromatic nitrogens is 3. The molecule has 0 aromatic carbocycles. The summed E-state index contributed by atoms with van der Waals surface area (Å²) in [5, 5.41) is 4.14. The van der Waals surface area contributed by atoms with Crippen LogP contribution in [-0.4, -0.2) is 27.8 Å². The third kappa shape index (κ3) is 2.33. The van der Waals surface area contributed by atoms with Gasteiger partial charge in [0.2, 0.25) is 0 Å². The average molecular weight is 237 g/mol. The molecule has 1 aromatic rings. The van der Waals surface area contributed by atoms with Gasteiger partial charge in [0.05, 0.1) is 7.11 Å². The Labute approximate surface area is 101 Å². The Morgan fingerprint density at radius 2 is 2.29 bits per heavy atom. The van der Waals surface area contributed by atoms with E-state index in [4.69, 9.17) is 4.74 Å². The van der Waals surface area contributed by atoms with Crippen LogP contribution >= 0.6 is 0 Å². The number of aryl methyl sites for hydroxylation is 1. The molecule has 1 atom stereocenters. The van der Waals surface area contributed by atoms with E-state index in [2.05, 4.69) is 10.1 Å². The van der Waals surface area contributed by atoms with Crippen molar-refractivity contribution in [3.05, 3.63) is 12.2 Å². The van der Waals surface area contributed by atoms with Crippen molar-refractivity contribution >= 4 is 5.97 Å². The first-order valence-electron chi connectivity index (χ1n) is 6.23. The lowest BCUT2D eigenvalue weighted by atomic mass is 9.90. The van der Waals surface area contributed by atoms with Gasteiger partial charge in [0.25, 0.3) is 0 Å². The summed E-state index contributed by atoms with van der Waals surface area (Å²) in [7, 11) is 1.44. The second-order valence-electron chi connectivity index (χ2n) is 4.48. The molecule has 94 valence electrons. The fourth-order valence-electron chi connectivity index (χ4n) is 2.68. The number of hydrogen-bond acceptors (Lipinski definition) is 4. The minimum atomic E-state index is -0.245. The predicted octanol–water partition coefficient (Wildman–Crippen LogP) is 1.74. The van der Waals surface area contributed by atoms with Crippen LogP contribution in [0.5, 0.6) is 0 Å². The Hall–Kier alpha value is -1.39. The molecule has 0 N–H and O–H groups in total. The van der Waals surface area contributed by atoms with E-state index in [1.807, 2.05) is 6.92 Å². The second-order valence-corrected chi connectivity index (χ2v) is 4.48. The summed E-state index contributed by atoms with van der Waals surface area (Å²) < 4.78 is 6.72. The van der Waals surface area contributed by atoms with Crippen molar-refractivity contribution in [3.63, 3.8) is 0 Å². The van der Waals surface area contributed by atoms with Crippen LogP contribution in [-0.2, 0) is 16.1 Å². The molecule has 0 spiro atoms. The maximum atomic E-state index is 12.0. The molecule has 0 aliphatic heterocycles. The Kier molecular flexibility index (Phi) is 3.76. The van der Waals surface area contributed by atoms with Crippen molar-refractivity contribution in [2.24, 2.45) is 5.92 Å². The largest absolute Gasteiger partial charge is 0.468 e. The molecular weight excluding hydrogens is 218 g/mol. The summed E-state index contributed by atoms with van der Waals surface area (Å²) >= 11 is 0. The predicted molar refractivity (Wildman–Crippen MR) is 62.4 cm³/mol. The van der Waals surface area contributed by atoms with Crippen LogP contribution in [0.15, 0.2) is 6.33 Å². The highest BCUT2D eigenvalue weighted by atomic mass is 16.5. The first kappa shape index (κ1) is 12.1. The van der Waals surface area contributed by atoms with Crippen molar-refractivity contribution in [2.45, 2.75) is 45.1 Å². The molecule has 0 radical (unpaired) electrons. The zero-order chi connectivity index (χ0) is 12.3. The molecule has 0 bridgehead atoms. The first-order valence-corrected chi connectivity index (χ1v) is 6.23. The Morgan fingerprint density at radius 1 is 1.59 bits per heavy atom. The standard InChI is InChI=1S/C12H19N3O2/c1-3-15-11(13-8-14-15)10(12(16)17-2)9-6-4-5-7-9/h8-10H,3-7H2,1-2H3. The fraction of sp³-hybridized carbons (Fsp3) is 0.750. The molecule has 17 heavy (non-hydrogen) atoms. The first-order chi connectivity index (χ1) is 8.27. The van der Waals surface area contributed by atoms with Crippen LogP contribution < -0.4 is 0 Å². The van der Waals surface area contributed by atoms with Crippen molar-refractivity contribution in [3.8, 4) is 0 Å². The molecule has 5 heteroatoms. The Balaban J connectivity index is 2.29. The highest BCUT2D eigenvalue weighted by molar-refractivity contribution is 5.77. The minimum Gasteiger partial charge on any atom is -0.468 e. The Bertz CT molecular complexity index is 383. The molecule has 5 nitrogen and oxygen atoms in total. The monoisotopic (exact) mass is 237 g/mol. The number of rotatable bonds is 4. The van der Waals surface area contributed by atoms with Gasteiger partial charge in [-0.15, -0.1) is 0 Å². The van der Waals surface area contributed by atoms with Crippen molar-refractivity contribution in [1.82, 2.24) is 14.8 Å². The number of carbonyl (C=O) groups is 1. The van der Waals surface area contributed by atoms with Gasteiger partial charge in [-0.1, -0.05) is 12.8 Å². The van der Waals surface area contributed by atoms with E-state index in [0.29, 0.717) is 5.92 Å². The topological polar surface area (TPSA) is 57.0 Å². The lowest BCUT2D eigenvalue weighted by molar-refractivity contribution is -0.144. The maximum Gasteiger partial charge on any atom is 0.316 e. The van der Waals surface area contributed by atoms with Gasteiger partial charge in [0.15, 0.2) is 0 Å². The van der Waals surface area contributed by atoms with Gasteiger partial charge in [-0.2, -0.15) is 5.10 Å². The number of carbonyl (C=O) groups excluding carboxylic acids is 1. The lowest BCUT2D eigenvalue weighted by Gasteiger charge is -2.20. The molecular formula is C12H19N3O2. The quantitative estimate of drug-likeness (QED) is 0.748. The van der Waals surface area contributed by atoms with E-state index in [1.165, 1.54) is 26.3 Å². The van der Waals surface area contributed by atoms with Gasteiger partial charge in [0, 0.05) is 6.54 Å². The highest BCUT2D eigenvalue weighted by Gasteiger charge is 2.36. The lowest BCUT2D eigenvalue weighted by Crippen LogP contribution is -2.25. The zero-order valence-electron chi connectivity index (χ0n) is 10.4. The third-order valence-corrected chi connectivity index (χ3v) is 3.55. The number of ether oxygens (including phenoxy) is 1. The van der Waals surface area contributed by atoms with Crippen LogP contribution in [0.25, 0.3) is 0 Å². The molecule has 1 heterocycles. The van der Waals surface area contributed by atoms with Gasteiger partial charge >= 0.3 is 5.97 Å². The summed E-state index contributed by atoms with van der Waals surface area (Å²) in [6, 6.07) is 0. The van der Waals surface area contributed by atoms with Gasteiger partial charge in [-0.25, -0.2) is 9.67 Å². The summed E-state index contributed by atoms with van der Waals surface area (Å²) in [5.74, 6) is 0.688. The van der Waals surface area contributed by atoms with Crippen LogP contribution in [0.4, 0.5) is 0 Å². The molecule has 1 aliphatic carbocycles. The second kappa shape index (κ2) is 5.29. The van der Waals surface area contributed by atoms with E-state index < -0.39 is 0 Å². The molecule has 1 aliphatic rings. The molecule has 2 rings (SSSR count). The fourth-order valence-corrected chi connectivity index (χ4v) is 2.68. The molecule has 0 amide bonds. The number of hydrogen-bond donors (Lipinski definition) is 0. The number of nitrogens with zero attached hydrogens (tertiary/aromatic N) is 3. The normalized spacial score (nSPS) is 18.2. The number of esters is 1. The van der Waals surface area contributed by atoms with Crippen molar-refractivity contribution in [1.29, 1.82) is 0 Å². The maximum absolute atomic E-state index is 12.0. The van der Waals surface area contributed by atoms with E-state index in [9.17, 15) is 4.79 Å². The average Bonchev–Trinajstić information content (AvgIpc) is 3.00. The van der Waals surface area contributed by atoms with E-state index in [1.54, 1.807) is 4.68 Å². The third-order valence-electron chi connectivity index (χ3n) is 3.55. The van der Waals surface area contributed by atoms with Crippen molar-refractivity contribution < 1.29 is 9.53 Å². The van der Waals surface area contributed by atoms with E-state index >= 15 is 0 Å². The molecule has 1 unspecified atom stereocenters. The van der Waals surface area contributed by atoms with Crippen LogP contribution in [0.1, 0.15) is 44.3 Å². The van der Waals surface area contributed by atoms with Gasteiger partial charge in [-0.3, -0.25) is 4.79 Å². The molecule has 0 saturated heterocycles. The zero-order valence-corrected chi connectivity index (χ0v) is 10.4. The molecule has 1 aromatic heterocycles. The summed E-state index contributed by atoms with van der Waals surface area (Å²) in [4.78, 5) is 16.2. The van der Waals surface area contributed by atoms with Crippen LogP contribution in [0, 0.1) is 5.92 Å². The number of methoxy groups -OCH3 is 1. The smallest absolute Gasteiger partial charge is 0.316 e. The SMILES string of the molecule is CCn1ncnc1C(C(=O)OC)C1CCCC1. The van der Waals surface area contributed by atoms with E-state index in [-0.39, 0.29) is 11.9 Å². The molecule has 1 saturated carbocycles.